The Hall–Kier alpha value is -1.35. The van der Waals surface area contributed by atoms with Crippen LogP contribution < -0.4 is 15.4 Å². The molecule has 136 valence electrons. The van der Waals surface area contributed by atoms with Gasteiger partial charge in [0.15, 0.2) is 5.96 Å². The van der Waals surface area contributed by atoms with Gasteiger partial charge < -0.3 is 15.4 Å². The Labute approximate surface area is 170 Å². The lowest BCUT2D eigenvalue weighted by atomic mass is 10.1. The zero-order valence-corrected chi connectivity index (χ0v) is 18.0. The van der Waals surface area contributed by atoms with Crippen LogP contribution in [0.5, 0.6) is 5.75 Å². The lowest BCUT2D eigenvalue weighted by molar-refractivity contribution is 0.357. The van der Waals surface area contributed by atoms with Gasteiger partial charge in [-0.3, -0.25) is 4.99 Å². The van der Waals surface area contributed by atoms with Crippen molar-refractivity contribution in [3.05, 3.63) is 44.9 Å². The van der Waals surface area contributed by atoms with E-state index in [9.17, 15) is 0 Å². The SMILES string of the molecule is CN=C(NCCc1ccc2c(c1)CCO2)NCc1sc(C)nc1C.I. The van der Waals surface area contributed by atoms with E-state index in [0.717, 1.165) is 54.9 Å². The van der Waals surface area contributed by atoms with Gasteiger partial charge in [-0.05, 0) is 37.5 Å². The van der Waals surface area contributed by atoms with Crippen molar-refractivity contribution in [1.82, 2.24) is 15.6 Å². The molecule has 0 fully saturated rings. The Morgan fingerprint density at radius 3 is 2.88 bits per heavy atom. The fourth-order valence-corrected chi connectivity index (χ4v) is 3.72. The van der Waals surface area contributed by atoms with Crippen LogP contribution in [0.2, 0.25) is 0 Å². The molecule has 1 aliphatic rings. The molecule has 0 spiro atoms. The third-order valence-corrected chi connectivity index (χ3v) is 5.17. The second-order valence-corrected chi connectivity index (χ2v) is 7.17. The van der Waals surface area contributed by atoms with Gasteiger partial charge in [0.1, 0.15) is 5.75 Å². The quantitative estimate of drug-likeness (QED) is 0.399. The molecular formula is C18H25IN4OS. The van der Waals surface area contributed by atoms with Crippen molar-refractivity contribution in [2.75, 3.05) is 20.2 Å². The van der Waals surface area contributed by atoms with E-state index < -0.39 is 0 Å². The molecule has 0 atom stereocenters. The number of thiazole rings is 1. The number of hydrogen-bond acceptors (Lipinski definition) is 4. The third-order valence-electron chi connectivity index (χ3n) is 4.10. The Bertz CT molecular complexity index is 745. The number of guanidine groups is 1. The molecule has 0 amide bonds. The normalized spacial score (nSPS) is 13.0. The van der Waals surface area contributed by atoms with Crippen LogP contribution in [0.15, 0.2) is 23.2 Å². The van der Waals surface area contributed by atoms with Gasteiger partial charge in [-0.15, -0.1) is 35.3 Å². The molecule has 3 rings (SSSR count). The maximum atomic E-state index is 5.55. The van der Waals surface area contributed by atoms with Crippen molar-refractivity contribution in [2.45, 2.75) is 33.2 Å². The van der Waals surface area contributed by atoms with Crippen molar-refractivity contribution in [1.29, 1.82) is 0 Å². The van der Waals surface area contributed by atoms with E-state index in [-0.39, 0.29) is 24.0 Å². The van der Waals surface area contributed by atoms with Crippen LogP contribution in [0, 0.1) is 13.8 Å². The van der Waals surface area contributed by atoms with Crippen LogP contribution in [0.1, 0.15) is 26.7 Å². The van der Waals surface area contributed by atoms with Crippen LogP contribution in [0.25, 0.3) is 0 Å². The molecule has 7 heteroatoms. The molecule has 1 aliphatic heterocycles. The Morgan fingerprint density at radius 1 is 1.32 bits per heavy atom. The van der Waals surface area contributed by atoms with Gasteiger partial charge in [0, 0.05) is 24.9 Å². The molecule has 0 saturated carbocycles. The topological polar surface area (TPSA) is 58.5 Å². The molecule has 0 unspecified atom stereocenters. The smallest absolute Gasteiger partial charge is 0.191 e. The van der Waals surface area contributed by atoms with Gasteiger partial charge in [0.05, 0.1) is 23.9 Å². The minimum absolute atomic E-state index is 0. The van der Waals surface area contributed by atoms with Gasteiger partial charge in [-0.2, -0.15) is 0 Å². The summed E-state index contributed by atoms with van der Waals surface area (Å²) in [5.41, 5.74) is 3.75. The highest BCUT2D eigenvalue weighted by molar-refractivity contribution is 14.0. The first kappa shape index (κ1) is 20.0. The Balaban J connectivity index is 0.00000225. The van der Waals surface area contributed by atoms with Gasteiger partial charge in [0.2, 0.25) is 0 Å². The van der Waals surface area contributed by atoms with E-state index in [1.54, 1.807) is 18.4 Å². The van der Waals surface area contributed by atoms with Gasteiger partial charge in [-0.25, -0.2) is 4.98 Å². The summed E-state index contributed by atoms with van der Waals surface area (Å²) in [5, 5.41) is 7.84. The van der Waals surface area contributed by atoms with E-state index in [4.69, 9.17) is 4.74 Å². The zero-order chi connectivity index (χ0) is 16.9. The number of halogens is 1. The summed E-state index contributed by atoms with van der Waals surface area (Å²) < 4.78 is 5.55. The maximum Gasteiger partial charge on any atom is 0.191 e. The fourth-order valence-electron chi connectivity index (χ4n) is 2.84. The number of benzene rings is 1. The number of aryl methyl sites for hydroxylation is 2. The van der Waals surface area contributed by atoms with Crippen LogP contribution in [-0.2, 0) is 19.4 Å². The van der Waals surface area contributed by atoms with E-state index >= 15 is 0 Å². The lowest BCUT2D eigenvalue weighted by Gasteiger charge is -2.12. The first-order valence-corrected chi connectivity index (χ1v) is 9.09. The third kappa shape index (κ3) is 5.31. The number of rotatable bonds is 5. The van der Waals surface area contributed by atoms with Crippen molar-refractivity contribution in [2.24, 2.45) is 4.99 Å². The fraction of sp³-hybridized carbons (Fsp3) is 0.444. The number of nitrogens with one attached hydrogen (secondary N) is 2. The minimum Gasteiger partial charge on any atom is -0.493 e. The predicted octanol–water partition coefficient (Wildman–Crippen LogP) is 3.22. The Kier molecular flexibility index (Phi) is 7.49. The summed E-state index contributed by atoms with van der Waals surface area (Å²) in [6.45, 7) is 6.50. The van der Waals surface area contributed by atoms with Crippen LogP contribution in [0.3, 0.4) is 0 Å². The number of aliphatic imine (C=N–C) groups is 1. The highest BCUT2D eigenvalue weighted by atomic mass is 127. The number of aromatic nitrogens is 1. The first-order valence-electron chi connectivity index (χ1n) is 8.27. The van der Waals surface area contributed by atoms with E-state index in [0.29, 0.717) is 0 Å². The highest BCUT2D eigenvalue weighted by Crippen LogP contribution is 2.25. The van der Waals surface area contributed by atoms with Gasteiger partial charge >= 0.3 is 0 Å². The average molecular weight is 472 g/mol. The zero-order valence-electron chi connectivity index (χ0n) is 14.9. The van der Waals surface area contributed by atoms with Gasteiger partial charge in [-0.1, -0.05) is 12.1 Å². The van der Waals surface area contributed by atoms with Gasteiger partial charge in [0.25, 0.3) is 0 Å². The van der Waals surface area contributed by atoms with E-state index in [1.807, 2.05) is 13.8 Å². The monoisotopic (exact) mass is 472 g/mol. The van der Waals surface area contributed by atoms with Crippen molar-refractivity contribution in [3.63, 3.8) is 0 Å². The molecule has 25 heavy (non-hydrogen) atoms. The molecule has 2 aromatic rings. The summed E-state index contributed by atoms with van der Waals surface area (Å²) in [5.74, 6) is 1.87. The molecule has 1 aromatic heterocycles. The second-order valence-electron chi connectivity index (χ2n) is 5.88. The molecular weight excluding hydrogens is 447 g/mol. The van der Waals surface area contributed by atoms with Crippen LogP contribution in [-0.4, -0.2) is 31.1 Å². The maximum absolute atomic E-state index is 5.55. The van der Waals surface area contributed by atoms with E-state index in [1.165, 1.54) is 16.0 Å². The first-order chi connectivity index (χ1) is 11.7. The van der Waals surface area contributed by atoms with E-state index in [2.05, 4.69) is 38.8 Å². The van der Waals surface area contributed by atoms with Crippen molar-refractivity contribution in [3.8, 4) is 5.75 Å². The lowest BCUT2D eigenvalue weighted by Crippen LogP contribution is -2.37. The molecule has 0 radical (unpaired) electrons. The number of nitrogens with zero attached hydrogens (tertiary/aromatic N) is 2. The van der Waals surface area contributed by atoms with Crippen LogP contribution in [0.4, 0.5) is 0 Å². The summed E-state index contributed by atoms with van der Waals surface area (Å²) in [6.07, 6.45) is 1.99. The number of ether oxygens (including phenoxy) is 1. The second kappa shape index (κ2) is 9.38. The predicted molar refractivity (Wildman–Crippen MR) is 115 cm³/mol. The molecule has 0 bridgehead atoms. The Morgan fingerprint density at radius 2 is 2.16 bits per heavy atom. The summed E-state index contributed by atoms with van der Waals surface area (Å²) in [4.78, 5) is 10.00. The largest absolute Gasteiger partial charge is 0.493 e. The summed E-state index contributed by atoms with van der Waals surface area (Å²) >= 11 is 1.73. The number of hydrogen-bond donors (Lipinski definition) is 2. The minimum atomic E-state index is 0. The molecule has 2 N–H and O–H groups in total. The van der Waals surface area contributed by atoms with Crippen molar-refractivity contribution >= 4 is 41.3 Å². The average Bonchev–Trinajstić information content (AvgIpc) is 3.16. The highest BCUT2D eigenvalue weighted by Gasteiger charge is 2.12. The molecule has 1 aromatic carbocycles. The summed E-state index contributed by atoms with van der Waals surface area (Å²) in [7, 11) is 1.80. The summed E-state index contributed by atoms with van der Waals surface area (Å²) in [6, 6.07) is 6.48. The molecule has 0 aliphatic carbocycles. The van der Waals surface area contributed by atoms with Crippen LogP contribution >= 0.6 is 35.3 Å². The molecule has 2 heterocycles. The molecule has 5 nitrogen and oxygen atoms in total. The standard InChI is InChI=1S/C18H24N4OS.HI/c1-12-17(24-13(2)22-12)11-21-18(19-3)20-8-6-14-4-5-16-15(10-14)7-9-23-16;/h4-5,10H,6-9,11H2,1-3H3,(H2,19,20,21);1H. The van der Waals surface area contributed by atoms with Crippen molar-refractivity contribution < 1.29 is 4.74 Å². The molecule has 0 saturated heterocycles. The number of fused-ring (bicyclic) bond motifs is 1.